The summed E-state index contributed by atoms with van der Waals surface area (Å²) in [7, 11) is 0. The molecule has 1 aliphatic rings. The van der Waals surface area contributed by atoms with Crippen molar-refractivity contribution in [3.05, 3.63) is 0 Å². The third-order valence-electron chi connectivity index (χ3n) is 3.01. The third-order valence-corrected chi connectivity index (χ3v) is 3.01. The van der Waals surface area contributed by atoms with Crippen LogP contribution in [0.4, 0.5) is 0 Å². The van der Waals surface area contributed by atoms with Gasteiger partial charge in [-0.1, -0.05) is 19.8 Å². The van der Waals surface area contributed by atoms with Crippen molar-refractivity contribution in [2.24, 2.45) is 11.8 Å². The molecule has 1 atom stereocenters. The Balaban J connectivity index is 2.02. The summed E-state index contributed by atoms with van der Waals surface area (Å²) in [5, 5.41) is 12.4. The van der Waals surface area contributed by atoms with E-state index in [0.29, 0.717) is 0 Å². The molecule has 2 heteroatoms. The minimum absolute atomic E-state index is 0.206. The quantitative estimate of drug-likeness (QED) is 0.700. The monoisotopic (exact) mass is 185 g/mol. The molecule has 1 aliphatic carbocycles. The second-order valence-electron chi connectivity index (χ2n) is 4.63. The van der Waals surface area contributed by atoms with Gasteiger partial charge in [-0.05, 0) is 38.1 Å². The van der Waals surface area contributed by atoms with E-state index in [4.69, 9.17) is 5.11 Å². The highest BCUT2D eigenvalue weighted by atomic mass is 16.3. The summed E-state index contributed by atoms with van der Waals surface area (Å²) < 4.78 is 0. The van der Waals surface area contributed by atoms with Gasteiger partial charge < -0.3 is 10.4 Å². The molecule has 0 aromatic carbocycles. The number of hydrogen-bond acceptors (Lipinski definition) is 2. The summed E-state index contributed by atoms with van der Waals surface area (Å²) in [4.78, 5) is 0. The van der Waals surface area contributed by atoms with Gasteiger partial charge in [-0.2, -0.15) is 0 Å². The molecular formula is C11H23NO. The SMILES string of the molecule is CC1CCC(CNC[C@H](C)O)CC1. The Hall–Kier alpha value is -0.0800. The molecule has 0 aromatic rings. The Kier molecular flexibility index (Phi) is 4.74. The van der Waals surface area contributed by atoms with Crippen molar-refractivity contribution < 1.29 is 5.11 Å². The molecule has 0 aliphatic heterocycles. The number of hydrogen-bond donors (Lipinski definition) is 2. The maximum atomic E-state index is 9.06. The van der Waals surface area contributed by atoms with E-state index in [0.717, 1.165) is 24.9 Å². The van der Waals surface area contributed by atoms with Crippen molar-refractivity contribution in [2.45, 2.75) is 45.6 Å². The van der Waals surface area contributed by atoms with Crippen LogP contribution in [0.3, 0.4) is 0 Å². The Labute approximate surface area is 81.7 Å². The lowest BCUT2D eigenvalue weighted by Crippen LogP contribution is -2.31. The molecule has 2 N–H and O–H groups in total. The fraction of sp³-hybridized carbons (Fsp3) is 1.00. The molecule has 1 fully saturated rings. The van der Waals surface area contributed by atoms with Gasteiger partial charge in [-0.25, -0.2) is 0 Å². The summed E-state index contributed by atoms with van der Waals surface area (Å²) >= 11 is 0. The van der Waals surface area contributed by atoms with E-state index < -0.39 is 0 Å². The van der Waals surface area contributed by atoms with Crippen LogP contribution in [-0.4, -0.2) is 24.3 Å². The first-order valence-corrected chi connectivity index (χ1v) is 5.57. The predicted octanol–water partition coefficient (Wildman–Crippen LogP) is 1.78. The van der Waals surface area contributed by atoms with Crippen LogP contribution in [-0.2, 0) is 0 Å². The van der Waals surface area contributed by atoms with E-state index in [9.17, 15) is 0 Å². The van der Waals surface area contributed by atoms with E-state index in [1.807, 2.05) is 6.92 Å². The van der Waals surface area contributed by atoms with Crippen LogP contribution >= 0.6 is 0 Å². The van der Waals surface area contributed by atoms with E-state index >= 15 is 0 Å². The van der Waals surface area contributed by atoms with Crippen molar-refractivity contribution >= 4 is 0 Å². The van der Waals surface area contributed by atoms with Crippen LogP contribution in [0.5, 0.6) is 0 Å². The van der Waals surface area contributed by atoms with Gasteiger partial charge in [0.15, 0.2) is 0 Å². The highest BCUT2D eigenvalue weighted by molar-refractivity contribution is 4.71. The normalized spacial score (nSPS) is 31.6. The van der Waals surface area contributed by atoms with Crippen LogP contribution < -0.4 is 5.32 Å². The van der Waals surface area contributed by atoms with Crippen molar-refractivity contribution in [2.75, 3.05) is 13.1 Å². The van der Waals surface area contributed by atoms with Gasteiger partial charge in [0.25, 0.3) is 0 Å². The van der Waals surface area contributed by atoms with Crippen molar-refractivity contribution in [3.63, 3.8) is 0 Å². The van der Waals surface area contributed by atoms with Gasteiger partial charge in [0.05, 0.1) is 6.10 Å². The molecule has 0 saturated heterocycles. The van der Waals surface area contributed by atoms with Crippen molar-refractivity contribution in [3.8, 4) is 0 Å². The highest BCUT2D eigenvalue weighted by Crippen LogP contribution is 2.27. The zero-order chi connectivity index (χ0) is 9.68. The van der Waals surface area contributed by atoms with Crippen LogP contribution in [0.25, 0.3) is 0 Å². The van der Waals surface area contributed by atoms with Crippen molar-refractivity contribution in [1.29, 1.82) is 0 Å². The third kappa shape index (κ3) is 4.63. The summed E-state index contributed by atoms with van der Waals surface area (Å²) in [5.74, 6) is 1.79. The Bertz CT molecular complexity index is 128. The standard InChI is InChI=1S/C11H23NO/c1-9-3-5-11(6-4-9)8-12-7-10(2)13/h9-13H,3-8H2,1-2H3/t9?,10-,11?/m0/s1. The summed E-state index contributed by atoms with van der Waals surface area (Å²) in [6, 6.07) is 0. The maximum Gasteiger partial charge on any atom is 0.0636 e. The smallest absolute Gasteiger partial charge is 0.0636 e. The fourth-order valence-corrected chi connectivity index (χ4v) is 2.03. The Morgan fingerprint density at radius 3 is 2.46 bits per heavy atom. The lowest BCUT2D eigenvalue weighted by atomic mass is 9.83. The summed E-state index contributed by atoms with van der Waals surface area (Å²) in [6.45, 7) is 6.01. The number of aliphatic hydroxyl groups is 1. The molecule has 0 amide bonds. The lowest BCUT2D eigenvalue weighted by molar-refractivity contribution is 0.185. The van der Waals surface area contributed by atoms with Gasteiger partial charge in [-0.3, -0.25) is 0 Å². The molecular weight excluding hydrogens is 162 g/mol. The fourth-order valence-electron chi connectivity index (χ4n) is 2.03. The largest absolute Gasteiger partial charge is 0.392 e. The second-order valence-corrected chi connectivity index (χ2v) is 4.63. The zero-order valence-electron chi connectivity index (χ0n) is 8.92. The molecule has 0 radical (unpaired) electrons. The lowest BCUT2D eigenvalue weighted by Gasteiger charge is -2.26. The predicted molar refractivity (Wildman–Crippen MR) is 55.7 cm³/mol. The minimum Gasteiger partial charge on any atom is -0.392 e. The average Bonchev–Trinajstić information content (AvgIpc) is 2.08. The Morgan fingerprint density at radius 1 is 1.31 bits per heavy atom. The zero-order valence-corrected chi connectivity index (χ0v) is 8.92. The molecule has 0 bridgehead atoms. The van der Waals surface area contributed by atoms with Crippen LogP contribution in [0.1, 0.15) is 39.5 Å². The first-order chi connectivity index (χ1) is 6.18. The first kappa shape index (κ1) is 11.0. The maximum absolute atomic E-state index is 9.06. The molecule has 78 valence electrons. The average molecular weight is 185 g/mol. The number of nitrogens with one attached hydrogen (secondary N) is 1. The topological polar surface area (TPSA) is 32.3 Å². The van der Waals surface area contributed by atoms with Crippen LogP contribution in [0.2, 0.25) is 0 Å². The van der Waals surface area contributed by atoms with Crippen molar-refractivity contribution in [1.82, 2.24) is 5.32 Å². The molecule has 1 saturated carbocycles. The number of rotatable bonds is 4. The van der Waals surface area contributed by atoms with E-state index in [1.165, 1.54) is 25.7 Å². The molecule has 1 rings (SSSR count). The van der Waals surface area contributed by atoms with E-state index in [2.05, 4.69) is 12.2 Å². The highest BCUT2D eigenvalue weighted by Gasteiger charge is 2.17. The summed E-state index contributed by atoms with van der Waals surface area (Å²) in [6.07, 6.45) is 5.31. The molecule has 0 aromatic heterocycles. The second kappa shape index (κ2) is 5.61. The van der Waals surface area contributed by atoms with Crippen LogP contribution in [0, 0.1) is 11.8 Å². The Morgan fingerprint density at radius 2 is 1.92 bits per heavy atom. The molecule has 0 spiro atoms. The first-order valence-electron chi connectivity index (χ1n) is 5.57. The van der Waals surface area contributed by atoms with E-state index in [-0.39, 0.29) is 6.10 Å². The molecule has 2 nitrogen and oxygen atoms in total. The molecule has 0 unspecified atom stereocenters. The van der Waals surface area contributed by atoms with Gasteiger partial charge in [0.2, 0.25) is 0 Å². The van der Waals surface area contributed by atoms with Gasteiger partial charge in [0, 0.05) is 6.54 Å². The summed E-state index contributed by atoms with van der Waals surface area (Å²) in [5.41, 5.74) is 0. The number of aliphatic hydroxyl groups excluding tert-OH is 1. The van der Waals surface area contributed by atoms with Gasteiger partial charge in [-0.15, -0.1) is 0 Å². The minimum atomic E-state index is -0.206. The molecule has 13 heavy (non-hydrogen) atoms. The van der Waals surface area contributed by atoms with Gasteiger partial charge >= 0.3 is 0 Å². The van der Waals surface area contributed by atoms with Gasteiger partial charge in [0.1, 0.15) is 0 Å². The molecule has 0 heterocycles. The van der Waals surface area contributed by atoms with Crippen LogP contribution in [0.15, 0.2) is 0 Å². The van der Waals surface area contributed by atoms with E-state index in [1.54, 1.807) is 0 Å².